The van der Waals surface area contributed by atoms with E-state index in [0.29, 0.717) is 0 Å². The van der Waals surface area contributed by atoms with Gasteiger partial charge >= 0.3 is 0 Å². The van der Waals surface area contributed by atoms with Crippen molar-refractivity contribution in [3.8, 4) is 33.4 Å². The van der Waals surface area contributed by atoms with Crippen molar-refractivity contribution in [3.63, 3.8) is 0 Å². The number of hydrogen-bond donors (Lipinski definition) is 0. The van der Waals surface area contributed by atoms with E-state index in [1.54, 1.807) is 0 Å². The minimum Gasteiger partial charge on any atom is -0.0579 e. The number of hydrogen-bond acceptors (Lipinski definition) is 0. The van der Waals surface area contributed by atoms with Gasteiger partial charge in [-0.25, -0.2) is 0 Å². The molecule has 0 aromatic heterocycles. The molecule has 208 valence electrons. The standard InChI is InChI=1S/C40H48/c1-37(2,3)27-21-23-33(35(25-27)39(7,8)9)31-19-15-13-17-29(31)30-18-14-16-20-32(30)34-24-22-28(38(4,5)6)26-36(34)40(10,11)12/h13-14,17-26H,1-12H3. The summed E-state index contributed by atoms with van der Waals surface area (Å²) in [6, 6.07) is 33.9. The number of benzene rings is 4. The van der Waals surface area contributed by atoms with Crippen molar-refractivity contribution in [1.29, 1.82) is 0 Å². The zero-order valence-corrected chi connectivity index (χ0v) is 26.9. The molecule has 0 saturated carbocycles. The average Bonchev–Trinajstić information content (AvgIpc) is 2.86. The van der Waals surface area contributed by atoms with Gasteiger partial charge in [0.15, 0.2) is 0 Å². The zero-order valence-electron chi connectivity index (χ0n) is 26.9. The van der Waals surface area contributed by atoms with E-state index < -0.39 is 0 Å². The second-order valence-electron chi connectivity index (χ2n) is 15.5. The summed E-state index contributed by atoms with van der Waals surface area (Å²) in [6.45, 7) is 27.7. The van der Waals surface area contributed by atoms with Gasteiger partial charge in [0.25, 0.3) is 0 Å². The topological polar surface area (TPSA) is 0 Å². The second-order valence-corrected chi connectivity index (χ2v) is 15.5. The van der Waals surface area contributed by atoms with Crippen LogP contribution in [0.4, 0.5) is 0 Å². The first kappa shape index (κ1) is 29.9. The average molecular weight is 529 g/mol. The second kappa shape index (κ2) is 10.4. The fourth-order valence-corrected chi connectivity index (χ4v) is 5.51. The van der Waals surface area contributed by atoms with E-state index in [1.165, 1.54) is 55.6 Å². The third kappa shape index (κ3) is 6.12. The van der Waals surface area contributed by atoms with Crippen LogP contribution in [0.5, 0.6) is 0 Å². The molecule has 0 heterocycles. The van der Waals surface area contributed by atoms with Gasteiger partial charge in [-0.15, -0.1) is 0 Å². The molecule has 0 saturated heterocycles. The van der Waals surface area contributed by atoms with E-state index in [1.807, 2.05) is 12.1 Å². The predicted molar refractivity (Wildman–Crippen MR) is 175 cm³/mol. The van der Waals surface area contributed by atoms with Gasteiger partial charge in [-0.3, -0.25) is 0 Å². The molecule has 0 nitrogen and oxygen atoms in total. The summed E-state index contributed by atoms with van der Waals surface area (Å²) in [5.74, 6) is 0. The fourth-order valence-electron chi connectivity index (χ4n) is 5.51. The van der Waals surface area contributed by atoms with Crippen LogP contribution in [0.15, 0.2) is 72.8 Å². The van der Waals surface area contributed by atoms with E-state index in [-0.39, 0.29) is 21.7 Å². The van der Waals surface area contributed by atoms with Crippen LogP contribution in [0.25, 0.3) is 33.4 Å². The highest BCUT2D eigenvalue weighted by Gasteiger charge is 2.26. The monoisotopic (exact) mass is 528 g/mol. The van der Waals surface area contributed by atoms with Crippen LogP contribution in [-0.2, 0) is 21.7 Å². The van der Waals surface area contributed by atoms with E-state index in [4.69, 9.17) is 0 Å². The molecule has 4 rings (SSSR count). The Morgan fingerprint density at radius 3 is 1.02 bits per heavy atom. The molecular weight excluding hydrogens is 480 g/mol. The lowest BCUT2D eigenvalue weighted by molar-refractivity contribution is 0.569. The molecule has 0 spiro atoms. The summed E-state index contributed by atoms with van der Waals surface area (Å²) in [4.78, 5) is 0. The van der Waals surface area contributed by atoms with Crippen LogP contribution < -0.4 is 0 Å². The third-order valence-corrected chi connectivity index (χ3v) is 7.99. The summed E-state index contributed by atoms with van der Waals surface area (Å²) in [6.07, 6.45) is 0. The van der Waals surface area contributed by atoms with Crippen molar-refractivity contribution < 1.29 is 0 Å². The van der Waals surface area contributed by atoms with E-state index in [9.17, 15) is 0 Å². The molecule has 0 aliphatic heterocycles. The van der Waals surface area contributed by atoms with Gasteiger partial charge in [0.2, 0.25) is 0 Å². The molecule has 4 aromatic rings. The Bertz CT molecular complexity index is 1380. The maximum absolute atomic E-state index is 3.40. The summed E-state index contributed by atoms with van der Waals surface area (Å²) in [7, 11) is 0. The fraction of sp³-hybridized carbons (Fsp3) is 0.400. The normalized spacial score (nSPS) is 13.0. The van der Waals surface area contributed by atoms with E-state index in [0.717, 1.165) is 0 Å². The Labute approximate surface area is 244 Å². The van der Waals surface area contributed by atoms with Gasteiger partial charge in [-0.1, -0.05) is 144 Å². The lowest BCUT2D eigenvalue weighted by atomic mass is 9.75. The molecule has 40 heavy (non-hydrogen) atoms. The number of rotatable bonds is 3. The molecule has 0 aliphatic carbocycles. The first-order valence-corrected chi connectivity index (χ1v) is 14.7. The molecule has 0 aliphatic rings. The van der Waals surface area contributed by atoms with Crippen LogP contribution in [0.3, 0.4) is 0 Å². The van der Waals surface area contributed by atoms with E-state index in [2.05, 4.69) is 156 Å². The van der Waals surface area contributed by atoms with Crippen LogP contribution >= 0.6 is 0 Å². The van der Waals surface area contributed by atoms with Gasteiger partial charge in [0, 0.05) is 0 Å². The molecule has 0 N–H and O–H groups in total. The van der Waals surface area contributed by atoms with Crippen molar-refractivity contribution in [1.82, 2.24) is 0 Å². The van der Waals surface area contributed by atoms with E-state index >= 15 is 0 Å². The summed E-state index contributed by atoms with van der Waals surface area (Å²) < 4.78 is 0. The van der Waals surface area contributed by atoms with Crippen molar-refractivity contribution in [2.45, 2.75) is 105 Å². The van der Waals surface area contributed by atoms with Crippen LogP contribution in [0.2, 0.25) is 0 Å². The van der Waals surface area contributed by atoms with Gasteiger partial charge in [-0.2, -0.15) is 0 Å². The molecule has 0 bridgehead atoms. The van der Waals surface area contributed by atoms with Gasteiger partial charge in [-0.05, 0) is 102 Å². The summed E-state index contributed by atoms with van der Waals surface area (Å²) in [5.41, 5.74) is 13.1. The first-order valence-electron chi connectivity index (χ1n) is 14.7. The highest BCUT2D eigenvalue weighted by Crippen LogP contribution is 2.45. The minimum atomic E-state index is -0.000802. The van der Waals surface area contributed by atoms with Gasteiger partial charge in [0.05, 0.1) is 0 Å². The zero-order chi connectivity index (χ0) is 29.7. The Hall–Kier alpha value is -3.12. The van der Waals surface area contributed by atoms with Crippen LogP contribution in [0.1, 0.15) is 105 Å². The van der Waals surface area contributed by atoms with Crippen molar-refractivity contribution >= 4 is 0 Å². The van der Waals surface area contributed by atoms with Crippen molar-refractivity contribution in [2.75, 3.05) is 0 Å². The summed E-state index contributed by atoms with van der Waals surface area (Å²) in [5, 5.41) is 0. The molecular formula is C40H48. The minimum absolute atomic E-state index is 0.000802. The van der Waals surface area contributed by atoms with Crippen molar-refractivity contribution in [3.05, 3.63) is 107 Å². The highest BCUT2D eigenvalue weighted by atomic mass is 14.3. The Morgan fingerprint density at radius 1 is 0.375 bits per heavy atom. The lowest BCUT2D eigenvalue weighted by Gasteiger charge is -2.29. The summed E-state index contributed by atoms with van der Waals surface area (Å²) >= 11 is 0. The maximum atomic E-state index is 3.40. The largest absolute Gasteiger partial charge is 0.0579 e. The Morgan fingerprint density at radius 2 is 0.725 bits per heavy atom. The molecule has 4 aromatic carbocycles. The predicted octanol–water partition coefficient (Wildman–Crippen LogP) is 11.5. The van der Waals surface area contributed by atoms with Crippen molar-refractivity contribution in [2.24, 2.45) is 0 Å². The SMILES string of the molecule is CC(C)(C)c1ccc(-c2c[c]ccc2-c2cc[c]cc2-c2ccc(C(C)(C)C)cc2C(C)(C)C)c(C(C)(C)C)c1. The highest BCUT2D eigenvalue weighted by molar-refractivity contribution is 5.93. The molecule has 0 fully saturated rings. The van der Waals surface area contributed by atoms with Crippen LogP contribution in [0, 0.1) is 12.1 Å². The molecule has 0 atom stereocenters. The molecule has 0 amide bonds. The molecule has 0 unspecified atom stereocenters. The molecule has 2 radical (unpaired) electrons. The quantitative estimate of drug-likeness (QED) is 0.248. The third-order valence-electron chi connectivity index (χ3n) is 7.99. The lowest BCUT2D eigenvalue weighted by Crippen LogP contribution is -2.17. The maximum Gasteiger partial charge on any atom is -0.00960 e. The Balaban J connectivity index is 2.00. The van der Waals surface area contributed by atoms with Gasteiger partial charge in [0.1, 0.15) is 0 Å². The van der Waals surface area contributed by atoms with Crippen LogP contribution in [-0.4, -0.2) is 0 Å². The Kier molecular flexibility index (Phi) is 7.74. The van der Waals surface area contributed by atoms with Gasteiger partial charge < -0.3 is 0 Å². The smallest absolute Gasteiger partial charge is 0.00960 e. The first-order chi connectivity index (χ1) is 18.4. The molecule has 0 heteroatoms.